The first-order valence-electron chi connectivity index (χ1n) is 7.22. The average Bonchev–Trinajstić information content (AvgIpc) is 2.97. The molecule has 2 aromatic rings. The molecule has 22 heavy (non-hydrogen) atoms. The van der Waals surface area contributed by atoms with Gasteiger partial charge in [0, 0.05) is 26.2 Å². The number of nitrogens with one attached hydrogen (secondary N) is 1. The number of aromatic nitrogens is 2. The molecule has 1 aliphatic rings. The number of nitrogens with zero attached hydrogens (tertiary/aromatic N) is 3. The molecule has 0 bridgehead atoms. The lowest BCUT2D eigenvalue weighted by Gasteiger charge is -2.23. The molecular formula is C16H18N4O2. The van der Waals surface area contributed by atoms with Crippen LogP contribution in [0.25, 0.3) is 0 Å². The third-order valence-electron chi connectivity index (χ3n) is 3.85. The van der Waals surface area contributed by atoms with Crippen LogP contribution in [0.15, 0.2) is 36.7 Å². The molecule has 6 heteroatoms. The van der Waals surface area contributed by atoms with E-state index in [0.717, 1.165) is 5.56 Å². The third-order valence-corrected chi connectivity index (χ3v) is 3.85. The standard InChI is InChI=1S/C16H18N4O2/c1-11-8-17-15(21)14-13(18-10-20(11)14)16(22)19(2)9-12-6-4-3-5-7-12/h3-7,10-11H,8-9H2,1-2H3,(H,17,21)/t11-/m1/s1. The number of hydrogen-bond acceptors (Lipinski definition) is 3. The number of carbonyl (C=O) groups excluding carboxylic acids is 2. The molecule has 0 spiro atoms. The molecule has 0 radical (unpaired) electrons. The quantitative estimate of drug-likeness (QED) is 0.933. The Bertz CT molecular complexity index is 708. The van der Waals surface area contributed by atoms with Crippen molar-refractivity contribution < 1.29 is 9.59 Å². The summed E-state index contributed by atoms with van der Waals surface area (Å²) in [6.45, 7) is 3.01. The number of hydrogen-bond donors (Lipinski definition) is 1. The predicted molar refractivity (Wildman–Crippen MR) is 81.5 cm³/mol. The SMILES string of the molecule is C[C@@H]1CNC(=O)c2c(C(=O)N(C)Cc3ccccc3)ncn21. The number of benzene rings is 1. The molecule has 1 atom stereocenters. The molecule has 1 aliphatic heterocycles. The summed E-state index contributed by atoms with van der Waals surface area (Å²) in [5.74, 6) is -0.492. The molecule has 0 saturated heterocycles. The first-order valence-corrected chi connectivity index (χ1v) is 7.22. The first-order chi connectivity index (χ1) is 10.6. The van der Waals surface area contributed by atoms with Crippen molar-refractivity contribution in [2.45, 2.75) is 19.5 Å². The second-order valence-electron chi connectivity index (χ2n) is 5.55. The highest BCUT2D eigenvalue weighted by atomic mass is 16.2. The Morgan fingerprint density at radius 2 is 2.14 bits per heavy atom. The highest BCUT2D eigenvalue weighted by Gasteiger charge is 2.30. The van der Waals surface area contributed by atoms with Crippen molar-refractivity contribution >= 4 is 11.8 Å². The minimum Gasteiger partial charge on any atom is -0.349 e. The van der Waals surface area contributed by atoms with Gasteiger partial charge in [0.05, 0.1) is 6.33 Å². The Morgan fingerprint density at radius 3 is 2.86 bits per heavy atom. The van der Waals surface area contributed by atoms with Gasteiger partial charge in [-0.25, -0.2) is 4.98 Å². The maximum atomic E-state index is 12.6. The molecule has 0 unspecified atom stereocenters. The number of imidazole rings is 1. The summed E-state index contributed by atoms with van der Waals surface area (Å²) < 4.78 is 1.77. The number of rotatable bonds is 3. The van der Waals surface area contributed by atoms with E-state index in [1.807, 2.05) is 37.3 Å². The molecule has 114 valence electrons. The van der Waals surface area contributed by atoms with Crippen LogP contribution >= 0.6 is 0 Å². The summed E-state index contributed by atoms with van der Waals surface area (Å²) in [6.07, 6.45) is 1.57. The molecule has 3 rings (SSSR count). The molecule has 0 aliphatic carbocycles. The maximum absolute atomic E-state index is 12.6. The molecule has 1 aromatic carbocycles. The third kappa shape index (κ3) is 2.47. The topological polar surface area (TPSA) is 67.2 Å². The van der Waals surface area contributed by atoms with Gasteiger partial charge < -0.3 is 14.8 Å². The van der Waals surface area contributed by atoms with E-state index in [0.29, 0.717) is 18.8 Å². The van der Waals surface area contributed by atoms with Crippen LogP contribution in [0.1, 0.15) is 39.5 Å². The van der Waals surface area contributed by atoms with E-state index in [2.05, 4.69) is 10.3 Å². The van der Waals surface area contributed by atoms with Gasteiger partial charge in [0.2, 0.25) is 0 Å². The highest BCUT2D eigenvalue weighted by Crippen LogP contribution is 2.19. The van der Waals surface area contributed by atoms with Gasteiger partial charge in [-0.05, 0) is 12.5 Å². The highest BCUT2D eigenvalue weighted by molar-refractivity contribution is 6.05. The fourth-order valence-electron chi connectivity index (χ4n) is 2.61. The van der Waals surface area contributed by atoms with E-state index in [-0.39, 0.29) is 23.6 Å². The van der Waals surface area contributed by atoms with Crippen LogP contribution < -0.4 is 5.32 Å². The zero-order valence-corrected chi connectivity index (χ0v) is 12.6. The largest absolute Gasteiger partial charge is 0.349 e. The van der Waals surface area contributed by atoms with Gasteiger partial charge in [0.25, 0.3) is 11.8 Å². The second kappa shape index (κ2) is 5.63. The van der Waals surface area contributed by atoms with Gasteiger partial charge >= 0.3 is 0 Å². The summed E-state index contributed by atoms with van der Waals surface area (Å²) in [7, 11) is 1.71. The monoisotopic (exact) mass is 298 g/mol. The van der Waals surface area contributed by atoms with Crippen molar-refractivity contribution in [3.8, 4) is 0 Å². The number of fused-ring (bicyclic) bond motifs is 1. The van der Waals surface area contributed by atoms with Crippen LogP contribution in [-0.2, 0) is 6.54 Å². The molecule has 2 heterocycles. The molecule has 1 aromatic heterocycles. The second-order valence-corrected chi connectivity index (χ2v) is 5.55. The Kier molecular flexibility index (Phi) is 3.66. The van der Waals surface area contributed by atoms with Gasteiger partial charge in [-0.1, -0.05) is 30.3 Å². The lowest BCUT2D eigenvalue weighted by atomic mass is 10.1. The Morgan fingerprint density at radius 1 is 1.41 bits per heavy atom. The molecule has 0 fully saturated rings. The smallest absolute Gasteiger partial charge is 0.274 e. The predicted octanol–water partition coefficient (Wildman–Crippen LogP) is 1.46. The zero-order valence-electron chi connectivity index (χ0n) is 12.6. The van der Waals surface area contributed by atoms with Crippen LogP contribution in [-0.4, -0.2) is 39.9 Å². The van der Waals surface area contributed by atoms with Crippen LogP contribution in [0.5, 0.6) is 0 Å². The van der Waals surface area contributed by atoms with Crippen LogP contribution in [0, 0.1) is 0 Å². The van der Waals surface area contributed by atoms with E-state index < -0.39 is 0 Å². The van der Waals surface area contributed by atoms with Gasteiger partial charge in [0.15, 0.2) is 5.69 Å². The van der Waals surface area contributed by atoms with E-state index in [4.69, 9.17) is 0 Å². The van der Waals surface area contributed by atoms with Crippen LogP contribution in [0.3, 0.4) is 0 Å². The van der Waals surface area contributed by atoms with Gasteiger partial charge in [-0.2, -0.15) is 0 Å². The molecule has 0 saturated carbocycles. The normalized spacial score (nSPS) is 16.8. The maximum Gasteiger partial charge on any atom is 0.274 e. The van der Waals surface area contributed by atoms with Crippen molar-refractivity contribution in [3.63, 3.8) is 0 Å². The Labute approximate surface area is 128 Å². The minimum atomic E-state index is -0.248. The van der Waals surface area contributed by atoms with E-state index in [1.165, 1.54) is 0 Å². The van der Waals surface area contributed by atoms with Gasteiger partial charge in [-0.15, -0.1) is 0 Å². The van der Waals surface area contributed by atoms with Crippen molar-refractivity contribution in [3.05, 3.63) is 53.6 Å². The van der Waals surface area contributed by atoms with E-state index in [9.17, 15) is 9.59 Å². The molecule has 6 nitrogen and oxygen atoms in total. The van der Waals surface area contributed by atoms with Crippen molar-refractivity contribution in [2.24, 2.45) is 0 Å². The summed E-state index contributed by atoms with van der Waals surface area (Å²) in [5.41, 5.74) is 1.59. The fraction of sp³-hybridized carbons (Fsp3) is 0.312. The summed E-state index contributed by atoms with van der Waals surface area (Å²) >= 11 is 0. The fourth-order valence-corrected chi connectivity index (χ4v) is 2.61. The number of carbonyl (C=O) groups is 2. The van der Waals surface area contributed by atoms with Crippen molar-refractivity contribution in [1.29, 1.82) is 0 Å². The van der Waals surface area contributed by atoms with E-state index >= 15 is 0 Å². The lowest BCUT2D eigenvalue weighted by molar-refractivity contribution is 0.0769. The van der Waals surface area contributed by atoms with Crippen molar-refractivity contribution in [2.75, 3.05) is 13.6 Å². The first kappa shape index (κ1) is 14.3. The summed E-state index contributed by atoms with van der Waals surface area (Å²) in [6, 6.07) is 9.81. The zero-order chi connectivity index (χ0) is 15.7. The van der Waals surface area contributed by atoms with E-state index in [1.54, 1.807) is 22.8 Å². The van der Waals surface area contributed by atoms with Crippen LogP contribution in [0.2, 0.25) is 0 Å². The molecule has 1 N–H and O–H groups in total. The Hall–Kier alpha value is -2.63. The van der Waals surface area contributed by atoms with Crippen molar-refractivity contribution in [1.82, 2.24) is 19.8 Å². The molecule has 2 amide bonds. The molecular weight excluding hydrogens is 280 g/mol. The average molecular weight is 298 g/mol. The van der Waals surface area contributed by atoms with Crippen LogP contribution in [0.4, 0.5) is 0 Å². The minimum absolute atomic E-state index is 0.0983. The summed E-state index contributed by atoms with van der Waals surface area (Å²) in [5, 5.41) is 2.79. The number of amides is 2. The van der Waals surface area contributed by atoms with Gasteiger partial charge in [0.1, 0.15) is 5.69 Å². The van der Waals surface area contributed by atoms with Gasteiger partial charge in [-0.3, -0.25) is 9.59 Å². The summed E-state index contributed by atoms with van der Waals surface area (Å²) in [4.78, 5) is 30.4. The lowest BCUT2D eigenvalue weighted by Crippen LogP contribution is -2.39. The Balaban J connectivity index is 1.85.